The molecule has 1 aromatic carbocycles. The Bertz CT molecular complexity index is 432. The highest BCUT2D eigenvalue weighted by Crippen LogP contribution is 2.22. The van der Waals surface area contributed by atoms with Crippen LogP contribution in [-0.4, -0.2) is 17.6 Å². The van der Waals surface area contributed by atoms with Crippen LogP contribution in [0.1, 0.15) is 12.5 Å². The van der Waals surface area contributed by atoms with E-state index in [4.69, 9.17) is 16.7 Å². The summed E-state index contributed by atoms with van der Waals surface area (Å²) in [5.41, 5.74) is 1.21. The molecule has 0 fully saturated rings. The Morgan fingerprint density at radius 3 is 2.93 bits per heavy atom. The Morgan fingerprint density at radius 2 is 2.33 bits per heavy atom. The van der Waals surface area contributed by atoms with Crippen molar-refractivity contribution in [2.45, 2.75) is 6.92 Å². The molecule has 0 atom stereocenters. The van der Waals surface area contributed by atoms with Gasteiger partial charge >= 0.3 is 0 Å². The quantitative estimate of drug-likeness (QED) is 0.712. The highest BCUT2D eigenvalue weighted by molar-refractivity contribution is 6.33. The molecule has 0 radical (unpaired) electrons. The molecule has 2 N–H and O–H groups in total. The SMILES string of the molecule is CC(=O)Nc1cc(C#CCO)ccc1Cl. The number of carbonyl (C=O) groups excluding carboxylic acids is 1. The van der Waals surface area contributed by atoms with Gasteiger partial charge in [0.2, 0.25) is 5.91 Å². The zero-order chi connectivity index (χ0) is 11.3. The monoisotopic (exact) mass is 223 g/mol. The molecule has 0 unspecified atom stereocenters. The summed E-state index contributed by atoms with van der Waals surface area (Å²) in [6, 6.07) is 5.02. The molecule has 1 aromatic rings. The molecule has 0 saturated heterocycles. The van der Waals surface area contributed by atoms with Gasteiger partial charge in [0.15, 0.2) is 0 Å². The molecule has 0 heterocycles. The first-order valence-corrected chi connectivity index (χ1v) is 4.68. The van der Waals surface area contributed by atoms with E-state index in [1.54, 1.807) is 18.2 Å². The molecule has 0 saturated carbocycles. The molecule has 0 aliphatic rings. The molecule has 78 valence electrons. The highest BCUT2D eigenvalue weighted by atomic mass is 35.5. The van der Waals surface area contributed by atoms with Gasteiger partial charge in [-0.15, -0.1) is 0 Å². The molecular formula is C11H10ClNO2. The molecule has 3 nitrogen and oxygen atoms in total. The number of hydrogen-bond donors (Lipinski definition) is 2. The molecule has 4 heteroatoms. The van der Waals surface area contributed by atoms with Crippen LogP contribution in [-0.2, 0) is 4.79 Å². The average molecular weight is 224 g/mol. The number of halogens is 1. The van der Waals surface area contributed by atoms with Crippen LogP contribution >= 0.6 is 11.6 Å². The summed E-state index contributed by atoms with van der Waals surface area (Å²) in [4.78, 5) is 10.8. The van der Waals surface area contributed by atoms with Gasteiger partial charge in [0.1, 0.15) is 6.61 Å². The summed E-state index contributed by atoms with van der Waals surface area (Å²) in [6.45, 7) is 1.21. The van der Waals surface area contributed by atoms with Gasteiger partial charge in [-0.3, -0.25) is 4.79 Å². The third-order valence-corrected chi connectivity index (χ3v) is 1.92. The average Bonchev–Trinajstić information content (AvgIpc) is 2.18. The summed E-state index contributed by atoms with van der Waals surface area (Å²) in [5, 5.41) is 11.6. The van der Waals surface area contributed by atoms with E-state index in [0.29, 0.717) is 16.3 Å². The number of aliphatic hydroxyl groups is 1. The molecule has 0 aliphatic carbocycles. The van der Waals surface area contributed by atoms with Gasteiger partial charge in [-0.05, 0) is 18.2 Å². The normalized spacial score (nSPS) is 9.00. The molecule has 15 heavy (non-hydrogen) atoms. The fourth-order valence-corrected chi connectivity index (χ4v) is 1.19. The number of hydrogen-bond acceptors (Lipinski definition) is 2. The number of anilines is 1. The zero-order valence-corrected chi connectivity index (χ0v) is 8.93. The van der Waals surface area contributed by atoms with Crippen LogP contribution in [0.4, 0.5) is 5.69 Å². The number of carbonyl (C=O) groups is 1. The van der Waals surface area contributed by atoms with Gasteiger partial charge in [0, 0.05) is 12.5 Å². The largest absolute Gasteiger partial charge is 0.384 e. The summed E-state index contributed by atoms with van der Waals surface area (Å²) < 4.78 is 0. The molecule has 0 spiro atoms. The number of aliphatic hydroxyl groups excluding tert-OH is 1. The van der Waals surface area contributed by atoms with Crippen molar-refractivity contribution >= 4 is 23.2 Å². The second-order valence-corrected chi connectivity index (χ2v) is 3.24. The number of rotatable bonds is 1. The van der Waals surface area contributed by atoms with Crippen LogP contribution in [0.3, 0.4) is 0 Å². The molecule has 0 aromatic heterocycles. The maximum atomic E-state index is 10.8. The van der Waals surface area contributed by atoms with Crippen molar-refractivity contribution in [2.24, 2.45) is 0 Å². The molecule has 0 aliphatic heterocycles. The Morgan fingerprint density at radius 1 is 1.60 bits per heavy atom. The minimum absolute atomic E-state index is 0.191. The van der Waals surface area contributed by atoms with Crippen LogP contribution in [0.15, 0.2) is 18.2 Å². The molecule has 1 rings (SSSR count). The number of nitrogens with one attached hydrogen (secondary N) is 1. The number of benzene rings is 1. The van der Waals surface area contributed by atoms with Crippen LogP contribution in [0.25, 0.3) is 0 Å². The predicted molar refractivity (Wildman–Crippen MR) is 59.7 cm³/mol. The van der Waals surface area contributed by atoms with Crippen molar-refractivity contribution in [1.29, 1.82) is 0 Å². The topological polar surface area (TPSA) is 49.3 Å². The minimum Gasteiger partial charge on any atom is -0.384 e. The molecule has 1 amide bonds. The summed E-state index contributed by atoms with van der Waals surface area (Å²) in [7, 11) is 0. The van der Waals surface area contributed by atoms with E-state index in [9.17, 15) is 4.79 Å². The predicted octanol–water partition coefficient (Wildman–Crippen LogP) is 1.64. The standard InChI is InChI=1S/C11H10ClNO2/c1-8(15)13-11-7-9(3-2-6-14)4-5-10(11)12/h4-5,7,14H,6H2,1H3,(H,13,15). The van der Waals surface area contributed by atoms with Crippen molar-refractivity contribution in [3.05, 3.63) is 28.8 Å². The lowest BCUT2D eigenvalue weighted by Crippen LogP contribution is -2.06. The van der Waals surface area contributed by atoms with Crippen LogP contribution in [0, 0.1) is 11.8 Å². The fourth-order valence-electron chi connectivity index (χ4n) is 1.03. The van der Waals surface area contributed by atoms with E-state index in [2.05, 4.69) is 17.2 Å². The lowest BCUT2D eigenvalue weighted by atomic mass is 10.2. The Labute approximate surface area is 93.1 Å². The maximum absolute atomic E-state index is 10.8. The van der Waals surface area contributed by atoms with E-state index in [0.717, 1.165) is 0 Å². The van der Waals surface area contributed by atoms with Crippen molar-refractivity contribution in [2.75, 3.05) is 11.9 Å². The van der Waals surface area contributed by atoms with E-state index in [-0.39, 0.29) is 12.5 Å². The third kappa shape index (κ3) is 3.62. The van der Waals surface area contributed by atoms with Crippen molar-refractivity contribution < 1.29 is 9.90 Å². The third-order valence-electron chi connectivity index (χ3n) is 1.59. The number of amides is 1. The van der Waals surface area contributed by atoms with E-state index >= 15 is 0 Å². The van der Waals surface area contributed by atoms with Crippen LogP contribution < -0.4 is 5.32 Å². The van der Waals surface area contributed by atoms with Gasteiger partial charge < -0.3 is 10.4 Å². The molecular weight excluding hydrogens is 214 g/mol. The lowest BCUT2D eigenvalue weighted by Gasteiger charge is -2.04. The van der Waals surface area contributed by atoms with Crippen LogP contribution in [0.5, 0.6) is 0 Å². The van der Waals surface area contributed by atoms with Gasteiger partial charge in [-0.1, -0.05) is 23.4 Å². The van der Waals surface area contributed by atoms with E-state index < -0.39 is 0 Å². The van der Waals surface area contributed by atoms with Gasteiger partial charge in [0.05, 0.1) is 10.7 Å². The van der Waals surface area contributed by atoms with Crippen molar-refractivity contribution in [1.82, 2.24) is 0 Å². The first-order chi connectivity index (χ1) is 7.13. The minimum atomic E-state index is -0.196. The zero-order valence-electron chi connectivity index (χ0n) is 8.17. The van der Waals surface area contributed by atoms with Crippen molar-refractivity contribution in [3.8, 4) is 11.8 Å². The van der Waals surface area contributed by atoms with Gasteiger partial charge in [0.25, 0.3) is 0 Å². The van der Waals surface area contributed by atoms with E-state index in [1.165, 1.54) is 6.92 Å². The van der Waals surface area contributed by atoms with Crippen molar-refractivity contribution in [3.63, 3.8) is 0 Å². The summed E-state index contributed by atoms with van der Waals surface area (Å²) in [6.07, 6.45) is 0. The first-order valence-electron chi connectivity index (χ1n) is 4.30. The highest BCUT2D eigenvalue weighted by Gasteiger charge is 2.02. The van der Waals surface area contributed by atoms with Crippen LogP contribution in [0.2, 0.25) is 5.02 Å². The van der Waals surface area contributed by atoms with Gasteiger partial charge in [-0.2, -0.15) is 0 Å². The summed E-state index contributed by atoms with van der Waals surface area (Å²) >= 11 is 5.86. The first kappa shape index (κ1) is 11.6. The van der Waals surface area contributed by atoms with Gasteiger partial charge in [-0.25, -0.2) is 0 Å². The molecule has 0 bridgehead atoms. The lowest BCUT2D eigenvalue weighted by molar-refractivity contribution is -0.114. The smallest absolute Gasteiger partial charge is 0.221 e. The Kier molecular flexibility index (Phi) is 4.17. The second kappa shape index (κ2) is 5.40. The summed E-state index contributed by atoms with van der Waals surface area (Å²) in [5.74, 6) is 5.05. The van der Waals surface area contributed by atoms with E-state index in [1.807, 2.05) is 0 Å². The Balaban J connectivity index is 2.99. The maximum Gasteiger partial charge on any atom is 0.221 e. The second-order valence-electron chi connectivity index (χ2n) is 2.84. The fraction of sp³-hybridized carbons (Fsp3) is 0.182. The Hall–Kier alpha value is -1.50.